The van der Waals surface area contributed by atoms with Gasteiger partial charge < -0.3 is 4.74 Å². The van der Waals surface area contributed by atoms with Gasteiger partial charge in [0.05, 0.1) is 16.9 Å². The Morgan fingerprint density at radius 2 is 2.15 bits per heavy atom. The molecule has 5 nitrogen and oxygen atoms in total. The predicted molar refractivity (Wildman–Crippen MR) is 80.4 cm³/mol. The predicted octanol–water partition coefficient (Wildman–Crippen LogP) is 4.22. The molecule has 0 saturated heterocycles. The molecule has 1 heterocycles. The molecule has 0 amide bonds. The highest BCUT2D eigenvalue weighted by Gasteiger charge is 2.13. The summed E-state index contributed by atoms with van der Waals surface area (Å²) in [5, 5.41) is 11.5. The Labute approximate surface area is 128 Å². The molecule has 0 bridgehead atoms. The van der Waals surface area contributed by atoms with Crippen LogP contribution in [0.3, 0.4) is 0 Å². The molecule has 2 rings (SSSR count). The SMILES string of the molecule is COc1ccc(Br)cc1Sc1cc(C)c([N+](=O)[O-])cn1. The summed E-state index contributed by atoms with van der Waals surface area (Å²) in [5.41, 5.74) is 0.608. The van der Waals surface area contributed by atoms with E-state index in [9.17, 15) is 10.1 Å². The molecule has 0 unspecified atom stereocenters. The van der Waals surface area contributed by atoms with E-state index >= 15 is 0 Å². The minimum atomic E-state index is -0.434. The number of aromatic nitrogens is 1. The number of halogens is 1. The molecule has 0 atom stereocenters. The van der Waals surface area contributed by atoms with Crippen molar-refractivity contribution in [1.82, 2.24) is 4.98 Å². The van der Waals surface area contributed by atoms with Crippen molar-refractivity contribution >= 4 is 33.4 Å². The highest BCUT2D eigenvalue weighted by Crippen LogP contribution is 2.36. The molecule has 0 aliphatic rings. The molecule has 0 aliphatic carbocycles. The van der Waals surface area contributed by atoms with Crippen LogP contribution in [0.5, 0.6) is 5.75 Å². The van der Waals surface area contributed by atoms with Gasteiger partial charge in [-0.15, -0.1) is 0 Å². The van der Waals surface area contributed by atoms with Gasteiger partial charge in [0.2, 0.25) is 0 Å². The van der Waals surface area contributed by atoms with Crippen molar-refractivity contribution in [1.29, 1.82) is 0 Å². The second kappa shape index (κ2) is 6.23. The molecule has 0 N–H and O–H groups in total. The standard InChI is InChI=1S/C13H11BrN2O3S/c1-8-5-13(15-7-10(8)16(17)18)20-12-6-9(14)3-4-11(12)19-2/h3-7H,1-2H3. The summed E-state index contributed by atoms with van der Waals surface area (Å²) in [6.45, 7) is 1.70. The van der Waals surface area contributed by atoms with Gasteiger partial charge >= 0.3 is 0 Å². The second-order valence-corrected chi connectivity index (χ2v) is 5.94. The van der Waals surface area contributed by atoms with Crippen LogP contribution in [0.15, 0.2) is 44.9 Å². The Kier molecular flexibility index (Phi) is 4.61. The van der Waals surface area contributed by atoms with Gasteiger partial charge in [0.1, 0.15) is 17.0 Å². The molecule has 0 aliphatic heterocycles. The summed E-state index contributed by atoms with van der Waals surface area (Å²) in [7, 11) is 1.60. The molecule has 1 aromatic heterocycles. The van der Waals surface area contributed by atoms with Crippen LogP contribution in [-0.2, 0) is 0 Å². The maximum absolute atomic E-state index is 10.8. The van der Waals surface area contributed by atoms with Crippen molar-refractivity contribution in [3.63, 3.8) is 0 Å². The van der Waals surface area contributed by atoms with E-state index in [2.05, 4.69) is 20.9 Å². The number of hydrogen-bond acceptors (Lipinski definition) is 5. The van der Waals surface area contributed by atoms with Gasteiger partial charge in [0.25, 0.3) is 5.69 Å². The van der Waals surface area contributed by atoms with Crippen molar-refractivity contribution in [3.05, 3.63) is 50.6 Å². The maximum Gasteiger partial charge on any atom is 0.290 e. The molecule has 0 radical (unpaired) electrons. The van der Waals surface area contributed by atoms with Crippen LogP contribution in [0.1, 0.15) is 5.56 Å². The van der Waals surface area contributed by atoms with Gasteiger partial charge in [-0.1, -0.05) is 27.7 Å². The van der Waals surface area contributed by atoms with Gasteiger partial charge in [-0.3, -0.25) is 10.1 Å². The molecule has 104 valence electrons. The average molecular weight is 355 g/mol. The zero-order valence-corrected chi connectivity index (χ0v) is 13.2. The Balaban J connectivity index is 2.33. The summed E-state index contributed by atoms with van der Waals surface area (Å²) in [6, 6.07) is 7.35. The van der Waals surface area contributed by atoms with Crippen LogP contribution < -0.4 is 4.74 Å². The fourth-order valence-corrected chi connectivity index (χ4v) is 3.13. The van der Waals surface area contributed by atoms with E-state index in [1.165, 1.54) is 18.0 Å². The van der Waals surface area contributed by atoms with E-state index in [1.54, 1.807) is 20.1 Å². The average Bonchev–Trinajstić information content (AvgIpc) is 2.38. The van der Waals surface area contributed by atoms with Crippen molar-refractivity contribution in [2.45, 2.75) is 16.8 Å². The van der Waals surface area contributed by atoms with E-state index < -0.39 is 4.92 Å². The van der Waals surface area contributed by atoms with Crippen LogP contribution >= 0.6 is 27.7 Å². The van der Waals surface area contributed by atoms with E-state index in [4.69, 9.17) is 4.74 Å². The first-order chi connectivity index (χ1) is 9.51. The Morgan fingerprint density at radius 1 is 1.40 bits per heavy atom. The van der Waals surface area contributed by atoms with Gasteiger partial charge in [-0.05, 0) is 31.2 Å². The lowest BCUT2D eigenvalue weighted by atomic mass is 10.3. The highest BCUT2D eigenvalue weighted by atomic mass is 79.9. The second-order valence-electron chi connectivity index (χ2n) is 3.96. The van der Waals surface area contributed by atoms with E-state index in [1.807, 2.05) is 18.2 Å². The van der Waals surface area contributed by atoms with Gasteiger partial charge in [-0.2, -0.15) is 0 Å². The van der Waals surface area contributed by atoms with E-state index in [0.717, 1.165) is 15.1 Å². The van der Waals surface area contributed by atoms with Crippen molar-refractivity contribution in [2.75, 3.05) is 7.11 Å². The number of nitrogens with zero attached hydrogens (tertiary/aromatic N) is 2. The van der Waals surface area contributed by atoms with Crippen LogP contribution in [-0.4, -0.2) is 17.0 Å². The molecule has 1 aromatic carbocycles. The van der Waals surface area contributed by atoms with Crippen molar-refractivity contribution in [2.24, 2.45) is 0 Å². The van der Waals surface area contributed by atoms with Crippen LogP contribution in [0, 0.1) is 17.0 Å². The summed E-state index contributed by atoms with van der Waals surface area (Å²) in [5.74, 6) is 0.732. The largest absolute Gasteiger partial charge is 0.496 e. The highest BCUT2D eigenvalue weighted by molar-refractivity contribution is 9.10. The first kappa shape index (κ1) is 14.8. The first-order valence-electron chi connectivity index (χ1n) is 5.63. The number of benzene rings is 1. The minimum absolute atomic E-state index is 0.0237. The quantitative estimate of drug-likeness (QED) is 0.607. The third-order valence-corrected chi connectivity index (χ3v) is 4.06. The topological polar surface area (TPSA) is 65.3 Å². The molecular formula is C13H11BrN2O3S. The maximum atomic E-state index is 10.8. The first-order valence-corrected chi connectivity index (χ1v) is 7.24. The summed E-state index contributed by atoms with van der Waals surface area (Å²) >= 11 is 4.80. The van der Waals surface area contributed by atoms with E-state index in [-0.39, 0.29) is 5.69 Å². The lowest BCUT2D eigenvalue weighted by molar-refractivity contribution is -0.385. The van der Waals surface area contributed by atoms with Crippen LogP contribution in [0.25, 0.3) is 0 Å². The van der Waals surface area contributed by atoms with Crippen molar-refractivity contribution in [3.8, 4) is 5.75 Å². The van der Waals surface area contributed by atoms with E-state index in [0.29, 0.717) is 10.6 Å². The number of rotatable bonds is 4. The molecule has 0 fully saturated rings. The molecule has 0 saturated carbocycles. The zero-order chi connectivity index (χ0) is 14.7. The normalized spacial score (nSPS) is 10.3. The van der Waals surface area contributed by atoms with Crippen LogP contribution in [0.4, 0.5) is 5.69 Å². The summed E-state index contributed by atoms with van der Waals surface area (Å²) < 4.78 is 6.22. The third-order valence-electron chi connectivity index (χ3n) is 2.59. The Hall–Kier alpha value is -1.60. The van der Waals surface area contributed by atoms with Gasteiger partial charge in [0.15, 0.2) is 0 Å². The van der Waals surface area contributed by atoms with Gasteiger partial charge in [0, 0.05) is 10.0 Å². The molecule has 7 heteroatoms. The number of hydrogen-bond donors (Lipinski definition) is 0. The smallest absolute Gasteiger partial charge is 0.290 e. The number of pyridine rings is 1. The number of nitro groups is 1. The number of methoxy groups -OCH3 is 1. The lowest BCUT2D eigenvalue weighted by Crippen LogP contribution is -1.94. The fourth-order valence-electron chi connectivity index (χ4n) is 1.61. The lowest BCUT2D eigenvalue weighted by Gasteiger charge is -2.08. The van der Waals surface area contributed by atoms with Crippen molar-refractivity contribution < 1.29 is 9.66 Å². The molecular weight excluding hydrogens is 344 g/mol. The fraction of sp³-hybridized carbons (Fsp3) is 0.154. The summed E-state index contributed by atoms with van der Waals surface area (Å²) in [4.78, 5) is 15.3. The Bertz CT molecular complexity index is 664. The number of ether oxygens (including phenoxy) is 1. The molecule has 0 spiro atoms. The Morgan fingerprint density at radius 3 is 2.75 bits per heavy atom. The third kappa shape index (κ3) is 3.29. The molecule has 2 aromatic rings. The molecule has 20 heavy (non-hydrogen) atoms. The zero-order valence-electron chi connectivity index (χ0n) is 10.8. The summed E-state index contributed by atoms with van der Waals surface area (Å²) in [6.07, 6.45) is 1.28. The minimum Gasteiger partial charge on any atom is -0.496 e. The monoisotopic (exact) mass is 354 g/mol. The number of aryl methyl sites for hydroxylation is 1. The van der Waals surface area contributed by atoms with Crippen LogP contribution in [0.2, 0.25) is 0 Å². The van der Waals surface area contributed by atoms with Gasteiger partial charge in [-0.25, -0.2) is 4.98 Å².